The Morgan fingerprint density at radius 3 is 2.24 bits per heavy atom. The largest absolute Gasteiger partial charge is 0.480 e. The van der Waals surface area contributed by atoms with Crippen molar-refractivity contribution in [3.05, 3.63) is 36.0 Å². The van der Waals surface area contributed by atoms with E-state index >= 15 is 0 Å². The van der Waals surface area contributed by atoms with Gasteiger partial charge in [-0.25, -0.2) is 0 Å². The Labute approximate surface area is 222 Å². The molecule has 0 radical (unpaired) electrons. The number of H-pyrrole nitrogens is 1. The molecule has 1 heterocycles. The van der Waals surface area contributed by atoms with E-state index in [1.54, 1.807) is 12.1 Å². The number of fused-ring (bicyclic) bond motifs is 1. The molecule has 8 heteroatoms. The first-order chi connectivity index (χ1) is 18.3. The number of aromatic amines is 1. The third-order valence-corrected chi connectivity index (χ3v) is 9.77. The van der Waals surface area contributed by atoms with Crippen molar-refractivity contribution in [2.24, 2.45) is 23.2 Å². The average molecular weight is 520 g/mol. The fourth-order valence-corrected chi connectivity index (χ4v) is 8.72. The first kappa shape index (κ1) is 25.1. The number of aromatic nitrogens is 1. The molecule has 8 nitrogen and oxygen atoms in total. The molecular weight excluding hydrogens is 482 g/mol. The van der Waals surface area contributed by atoms with Crippen LogP contribution >= 0.6 is 0 Å². The lowest BCUT2D eigenvalue weighted by atomic mass is 9.47. The quantitative estimate of drug-likeness (QED) is 0.355. The third kappa shape index (κ3) is 4.52. The molecule has 202 valence electrons. The Hall–Kier alpha value is -3.16. The summed E-state index contributed by atoms with van der Waals surface area (Å²) in [6, 6.07) is 6.28. The second-order valence-corrected chi connectivity index (χ2v) is 12.4. The summed E-state index contributed by atoms with van der Waals surface area (Å²) in [5, 5.41) is 13.7. The van der Waals surface area contributed by atoms with Crippen LogP contribution in [0.1, 0.15) is 81.0 Å². The number of nitrogens with zero attached hydrogens (tertiary/aromatic N) is 1. The van der Waals surface area contributed by atoms with Crippen molar-refractivity contribution < 1.29 is 24.3 Å². The van der Waals surface area contributed by atoms with Crippen LogP contribution in [0.4, 0.5) is 0 Å². The highest BCUT2D eigenvalue weighted by Gasteiger charge is 2.58. The van der Waals surface area contributed by atoms with Crippen LogP contribution in [0, 0.1) is 23.2 Å². The molecule has 5 aliphatic carbocycles. The molecule has 0 spiro atoms. The smallest absolute Gasteiger partial charge is 0.323 e. The van der Waals surface area contributed by atoms with Gasteiger partial charge in [0.05, 0.1) is 5.56 Å². The molecule has 4 bridgehead atoms. The fraction of sp³-hybridized carbons (Fsp3) is 0.600. The number of Topliss-reactive ketones (excluding diaryl/α,β-unsaturated/α-hetero) is 1. The van der Waals surface area contributed by atoms with Crippen LogP contribution in [-0.2, 0) is 14.4 Å². The van der Waals surface area contributed by atoms with E-state index in [9.17, 15) is 24.3 Å². The zero-order chi connectivity index (χ0) is 26.4. The lowest BCUT2D eigenvalue weighted by Gasteiger charge is -2.60. The van der Waals surface area contributed by atoms with Crippen LogP contribution in [0.2, 0.25) is 0 Å². The standard InChI is InChI=1S/C30H37N3O5/c34-25(35)17-33(29(38)26(36)23-16-31-24-9-5-4-8-22(23)24)27(28(37)32-21-6-2-1-3-7-21)30-13-18-10-19(14-30)12-20(11-18)15-30/h4-5,8-9,16,18-21,27,31H,1-3,6-7,10-15,17H2,(H,32,37)(H,34,35). The molecule has 1 aromatic carbocycles. The zero-order valence-electron chi connectivity index (χ0n) is 21.8. The highest BCUT2D eigenvalue weighted by atomic mass is 16.4. The summed E-state index contributed by atoms with van der Waals surface area (Å²) in [6.07, 6.45) is 12.4. The number of carbonyl (C=O) groups is 4. The molecule has 5 fully saturated rings. The Morgan fingerprint density at radius 1 is 0.974 bits per heavy atom. The predicted molar refractivity (Wildman–Crippen MR) is 141 cm³/mol. The summed E-state index contributed by atoms with van der Waals surface area (Å²) >= 11 is 0. The van der Waals surface area contributed by atoms with Crippen LogP contribution < -0.4 is 5.32 Å². The van der Waals surface area contributed by atoms with Gasteiger partial charge in [0.1, 0.15) is 12.6 Å². The number of carboxylic acid groups (broad SMARTS) is 1. The van der Waals surface area contributed by atoms with Crippen molar-refractivity contribution in [3.8, 4) is 0 Å². The molecule has 3 N–H and O–H groups in total. The van der Waals surface area contributed by atoms with Gasteiger partial charge in [0, 0.05) is 28.6 Å². The normalized spacial score (nSPS) is 29.2. The summed E-state index contributed by atoms with van der Waals surface area (Å²) in [6.45, 7) is -0.669. The van der Waals surface area contributed by atoms with Crippen molar-refractivity contribution in [3.63, 3.8) is 0 Å². The predicted octanol–water partition coefficient (Wildman–Crippen LogP) is 4.30. The summed E-state index contributed by atoms with van der Waals surface area (Å²) in [7, 11) is 0. The highest BCUT2D eigenvalue weighted by molar-refractivity contribution is 6.45. The van der Waals surface area contributed by atoms with E-state index in [0.29, 0.717) is 23.1 Å². The lowest BCUT2D eigenvalue weighted by molar-refractivity contribution is -0.160. The number of amides is 2. The van der Waals surface area contributed by atoms with Crippen molar-refractivity contribution in [1.82, 2.24) is 15.2 Å². The lowest BCUT2D eigenvalue weighted by Crippen LogP contribution is -2.65. The van der Waals surface area contributed by atoms with Gasteiger partial charge in [-0.3, -0.25) is 19.2 Å². The number of ketones is 1. The SMILES string of the molecule is O=C(O)CN(C(=O)C(=O)c1c[nH]c2ccccc12)C(C(=O)NC1CCCCC1)C12CC3CC(CC(C3)C1)C2. The molecule has 1 unspecified atom stereocenters. The number of hydrogen-bond donors (Lipinski definition) is 3. The maximum Gasteiger partial charge on any atom is 0.323 e. The molecule has 0 saturated heterocycles. The fourth-order valence-electron chi connectivity index (χ4n) is 8.72. The molecule has 2 amide bonds. The molecule has 1 aromatic heterocycles. The molecule has 38 heavy (non-hydrogen) atoms. The molecule has 1 atom stereocenters. The molecule has 5 aliphatic rings. The Kier molecular flexibility index (Phi) is 6.52. The summed E-state index contributed by atoms with van der Waals surface area (Å²) < 4.78 is 0. The van der Waals surface area contributed by atoms with Gasteiger partial charge in [0.25, 0.3) is 11.7 Å². The number of benzene rings is 1. The minimum absolute atomic E-state index is 0.0266. The Morgan fingerprint density at radius 2 is 1.61 bits per heavy atom. The van der Waals surface area contributed by atoms with E-state index in [1.807, 2.05) is 12.1 Å². The summed E-state index contributed by atoms with van der Waals surface area (Å²) in [5.74, 6) is -1.68. The van der Waals surface area contributed by atoms with Gasteiger partial charge in [-0.1, -0.05) is 37.5 Å². The minimum atomic E-state index is -1.22. The third-order valence-electron chi connectivity index (χ3n) is 9.77. The van der Waals surface area contributed by atoms with Crippen molar-refractivity contribution >= 4 is 34.5 Å². The van der Waals surface area contributed by atoms with Crippen LogP contribution in [0.15, 0.2) is 30.5 Å². The molecular formula is C30H37N3O5. The zero-order valence-corrected chi connectivity index (χ0v) is 21.8. The van der Waals surface area contributed by atoms with E-state index in [0.717, 1.165) is 81.0 Å². The van der Waals surface area contributed by atoms with E-state index in [4.69, 9.17) is 0 Å². The molecule has 7 rings (SSSR count). The van der Waals surface area contributed by atoms with Crippen molar-refractivity contribution in [2.75, 3.05) is 6.54 Å². The number of rotatable bonds is 8. The number of para-hydroxylation sites is 1. The average Bonchev–Trinajstić information content (AvgIpc) is 3.31. The number of aliphatic carboxylic acids is 1. The van der Waals surface area contributed by atoms with Gasteiger partial charge in [-0.05, 0) is 75.2 Å². The topological polar surface area (TPSA) is 120 Å². The van der Waals surface area contributed by atoms with Crippen molar-refractivity contribution in [1.29, 1.82) is 0 Å². The van der Waals surface area contributed by atoms with Crippen LogP contribution in [0.25, 0.3) is 10.9 Å². The van der Waals surface area contributed by atoms with Gasteiger partial charge >= 0.3 is 5.97 Å². The number of nitrogens with one attached hydrogen (secondary N) is 2. The Balaban J connectivity index is 1.38. The number of carboxylic acids is 1. The first-order valence-electron chi connectivity index (χ1n) is 14.3. The van der Waals surface area contributed by atoms with E-state index < -0.39 is 35.7 Å². The second-order valence-electron chi connectivity index (χ2n) is 12.4. The first-order valence-corrected chi connectivity index (χ1v) is 14.3. The second kappa shape index (κ2) is 9.86. The number of hydrogen-bond acceptors (Lipinski definition) is 4. The maximum absolute atomic E-state index is 14.2. The van der Waals surface area contributed by atoms with Gasteiger partial charge in [0.15, 0.2) is 0 Å². The highest BCUT2D eigenvalue weighted by Crippen LogP contribution is 2.62. The van der Waals surface area contributed by atoms with E-state index in [-0.39, 0.29) is 17.5 Å². The monoisotopic (exact) mass is 519 g/mol. The maximum atomic E-state index is 14.2. The van der Waals surface area contributed by atoms with Crippen LogP contribution in [0.3, 0.4) is 0 Å². The van der Waals surface area contributed by atoms with Gasteiger partial charge in [0.2, 0.25) is 5.91 Å². The van der Waals surface area contributed by atoms with Crippen LogP contribution in [0.5, 0.6) is 0 Å². The van der Waals surface area contributed by atoms with E-state index in [2.05, 4.69) is 10.3 Å². The minimum Gasteiger partial charge on any atom is -0.480 e. The Bertz CT molecular complexity index is 1220. The van der Waals surface area contributed by atoms with Gasteiger partial charge < -0.3 is 20.3 Å². The van der Waals surface area contributed by atoms with Gasteiger partial charge in [-0.15, -0.1) is 0 Å². The summed E-state index contributed by atoms with van der Waals surface area (Å²) in [5.41, 5.74) is 0.443. The molecule has 5 saturated carbocycles. The van der Waals surface area contributed by atoms with Crippen molar-refractivity contribution in [2.45, 2.75) is 82.7 Å². The summed E-state index contributed by atoms with van der Waals surface area (Å²) in [4.78, 5) is 58.1. The van der Waals surface area contributed by atoms with Crippen LogP contribution in [-0.4, -0.2) is 57.2 Å². The molecule has 0 aliphatic heterocycles. The number of carbonyl (C=O) groups excluding carboxylic acids is 3. The van der Waals surface area contributed by atoms with Gasteiger partial charge in [-0.2, -0.15) is 0 Å². The van der Waals surface area contributed by atoms with E-state index in [1.165, 1.54) is 6.20 Å². The molecule has 2 aromatic rings.